The fraction of sp³-hybridized carbons (Fsp3) is 0.800. The Kier molecular flexibility index (Phi) is 13.3. The Hall–Kier alpha value is -0.0100. The largest absolute Gasteiger partial charge is 0.313 e. The first-order valence-electron chi connectivity index (χ1n) is 4.63. The van der Waals surface area contributed by atoms with Crippen LogP contribution in [0.15, 0.2) is 11.6 Å². The van der Waals surface area contributed by atoms with E-state index < -0.39 is 0 Å². The van der Waals surface area contributed by atoms with Gasteiger partial charge in [-0.15, -0.1) is 12.4 Å². The van der Waals surface area contributed by atoms with Crippen molar-refractivity contribution in [2.24, 2.45) is 0 Å². The molecule has 0 aliphatic rings. The standard InChI is InChI=1S/C10H21N.ClH/c1-4-6-7-8-11-9-10(3)5-2;/h5,11H,4,6-9H2,1-3H3;1H/b10-5+;. The van der Waals surface area contributed by atoms with Crippen LogP contribution in [0.1, 0.15) is 40.0 Å². The lowest BCUT2D eigenvalue weighted by molar-refractivity contribution is 0.639. The summed E-state index contributed by atoms with van der Waals surface area (Å²) in [6.45, 7) is 8.70. The van der Waals surface area contributed by atoms with Crippen LogP contribution < -0.4 is 5.32 Å². The van der Waals surface area contributed by atoms with Gasteiger partial charge < -0.3 is 5.32 Å². The van der Waals surface area contributed by atoms with Crippen LogP contribution >= 0.6 is 12.4 Å². The molecule has 0 aromatic heterocycles. The van der Waals surface area contributed by atoms with Gasteiger partial charge in [0.05, 0.1) is 0 Å². The summed E-state index contributed by atoms with van der Waals surface area (Å²) in [7, 11) is 0. The Morgan fingerprint density at radius 1 is 1.33 bits per heavy atom. The van der Waals surface area contributed by atoms with Crippen molar-refractivity contribution in [3.05, 3.63) is 11.6 Å². The maximum absolute atomic E-state index is 3.40. The topological polar surface area (TPSA) is 12.0 Å². The number of allylic oxidation sites excluding steroid dienone is 1. The number of halogens is 1. The van der Waals surface area contributed by atoms with E-state index in [1.807, 2.05) is 0 Å². The van der Waals surface area contributed by atoms with Crippen molar-refractivity contribution in [2.75, 3.05) is 13.1 Å². The Morgan fingerprint density at radius 3 is 2.50 bits per heavy atom. The van der Waals surface area contributed by atoms with Gasteiger partial charge >= 0.3 is 0 Å². The first-order chi connectivity index (χ1) is 5.31. The molecule has 0 rings (SSSR count). The molecule has 0 aliphatic carbocycles. The molecule has 0 saturated heterocycles. The minimum absolute atomic E-state index is 0. The molecule has 1 N–H and O–H groups in total. The van der Waals surface area contributed by atoms with Crippen molar-refractivity contribution >= 4 is 12.4 Å². The van der Waals surface area contributed by atoms with Crippen LogP contribution in [0.2, 0.25) is 0 Å². The van der Waals surface area contributed by atoms with Gasteiger partial charge in [-0.1, -0.05) is 31.4 Å². The van der Waals surface area contributed by atoms with Crippen molar-refractivity contribution in [3.63, 3.8) is 0 Å². The molecule has 0 amide bonds. The van der Waals surface area contributed by atoms with Crippen LogP contribution in [0, 0.1) is 0 Å². The zero-order valence-corrected chi connectivity index (χ0v) is 9.34. The van der Waals surface area contributed by atoms with Gasteiger partial charge in [0, 0.05) is 6.54 Å². The first kappa shape index (κ1) is 14.5. The maximum atomic E-state index is 3.40. The molecule has 0 saturated carbocycles. The van der Waals surface area contributed by atoms with Crippen LogP contribution in [-0.4, -0.2) is 13.1 Å². The molecule has 0 aliphatic heterocycles. The second-order valence-corrected chi connectivity index (χ2v) is 3.02. The Labute approximate surface area is 83.0 Å². The predicted octanol–water partition coefficient (Wildman–Crippen LogP) is 3.15. The predicted molar refractivity (Wildman–Crippen MR) is 59.1 cm³/mol. The second kappa shape index (κ2) is 11.0. The van der Waals surface area contributed by atoms with Gasteiger partial charge in [0.25, 0.3) is 0 Å². The van der Waals surface area contributed by atoms with Crippen molar-refractivity contribution in [1.82, 2.24) is 5.32 Å². The van der Waals surface area contributed by atoms with Crippen molar-refractivity contribution in [3.8, 4) is 0 Å². The highest BCUT2D eigenvalue weighted by Crippen LogP contribution is 1.92. The summed E-state index contributed by atoms with van der Waals surface area (Å²) in [4.78, 5) is 0. The van der Waals surface area contributed by atoms with Crippen molar-refractivity contribution in [1.29, 1.82) is 0 Å². The molecule has 1 nitrogen and oxygen atoms in total. The molecule has 0 unspecified atom stereocenters. The average molecular weight is 192 g/mol. The van der Waals surface area contributed by atoms with Gasteiger partial charge in [-0.25, -0.2) is 0 Å². The van der Waals surface area contributed by atoms with E-state index in [-0.39, 0.29) is 12.4 Å². The summed E-state index contributed by atoms with van der Waals surface area (Å²) in [5.74, 6) is 0. The van der Waals surface area contributed by atoms with Gasteiger partial charge in [0.2, 0.25) is 0 Å². The Balaban J connectivity index is 0. The lowest BCUT2D eigenvalue weighted by atomic mass is 10.2. The molecule has 0 aromatic rings. The molecular formula is C10H22ClN. The molecule has 0 bridgehead atoms. The summed E-state index contributed by atoms with van der Waals surface area (Å²) in [5, 5.41) is 3.40. The number of hydrogen-bond acceptors (Lipinski definition) is 1. The van der Waals surface area contributed by atoms with Gasteiger partial charge in [-0.3, -0.25) is 0 Å². The first-order valence-corrected chi connectivity index (χ1v) is 4.63. The van der Waals surface area contributed by atoms with E-state index in [0.717, 1.165) is 6.54 Å². The van der Waals surface area contributed by atoms with E-state index in [1.165, 1.54) is 31.4 Å². The molecular weight excluding hydrogens is 170 g/mol. The Morgan fingerprint density at radius 2 is 2.00 bits per heavy atom. The summed E-state index contributed by atoms with van der Waals surface area (Å²) >= 11 is 0. The number of unbranched alkanes of at least 4 members (excludes halogenated alkanes) is 2. The quantitative estimate of drug-likeness (QED) is 0.503. The molecule has 0 aromatic carbocycles. The second-order valence-electron chi connectivity index (χ2n) is 3.02. The minimum Gasteiger partial charge on any atom is -0.313 e. The van der Waals surface area contributed by atoms with E-state index in [4.69, 9.17) is 0 Å². The summed E-state index contributed by atoms with van der Waals surface area (Å²) in [6, 6.07) is 0. The fourth-order valence-electron chi connectivity index (χ4n) is 0.888. The summed E-state index contributed by atoms with van der Waals surface area (Å²) in [6.07, 6.45) is 6.13. The van der Waals surface area contributed by atoms with E-state index in [9.17, 15) is 0 Å². The fourth-order valence-corrected chi connectivity index (χ4v) is 0.888. The summed E-state index contributed by atoms with van der Waals surface area (Å²) < 4.78 is 0. The minimum atomic E-state index is 0. The third-order valence-electron chi connectivity index (χ3n) is 1.85. The highest BCUT2D eigenvalue weighted by Gasteiger charge is 1.87. The van der Waals surface area contributed by atoms with Crippen molar-refractivity contribution < 1.29 is 0 Å². The van der Waals surface area contributed by atoms with Crippen LogP contribution in [-0.2, 0) is 0 Å². The third kappa shape index (κ3) is 9.99. The monoisotopic (exact) mass is 191 g/mol. The SMILES string of the molecule is C/C=C(\C)CNCCCCC.Cl. The normalized spacial score (nSPS) is 11.1. The molecule has 0 atom stereocenters. The number of hydrogen-bond donors (Lipinski definition) is 1. The Bertz CT molecular complexity index is 110. The molecule has 0 heterocycles. The zero-order valence-electron chi connectivity index (χ0n) is 8.52. The molecule has 2 heteroatoms. The van der Waals surface area contributed by atoms with Crippen LogP contribution in [0.3, 0.4) is 0 Å². The van der Waals surface area contributed by atoms with Gasteiger partial charge in [-0.2, -0.15) is 0 Å². The van der Waals surface area contributed by atoms with E-state index in [1.54, 1.807) is 0 Å². The lowest BCUT2D eigenvalue weighted by Gasteiger charge is -2.03. The van der Waals surface area contributed by atoms with Crippen molar-refractivity contribution in [2.45, 2.75) is 40.0 Å². The highest BCUT2D eigenvalue weighted by atomic mass is 35.5. The van der Waals surface area contributed by atoms with Gasteiger partial charge in [-0.05, 0) is 26.8 Å². The average Bonchev–Trinajstić information content (AvgIpc) is 2.04. The highest BCUT2D eigenvalue weighted by molar-refractivity contribution is 5.85. The van der Waals surface area contributed by atoms with Gasteiger partial charge in [0.1, 0.15) is 0 Å². The number of rotatable bonds is 6. The third-order valence-corrected chi connectivity index (χ3v) is 1.85. The van der Waals surface area contributed by atoms with Gasteiger partial charge in [0.15, 0.2) is 0 Å². The van der Waals surface area contributed by atoms with E-state index in [2.05, 4.69) is 32.2 Å². The lowest BCUT2D eigenvalue weighted by Crippen LogP contribution is -2.17. The molecule has 0 radical (unpaired) electrons. The number of nitrogens with one attached hydrogen (secondary N) is 1. The molecule has 74 valence electrons. The van der Waals surface area contributed by atoms with E-state index in [0.29, 0.717) is 0 Å². The van der Waals surface area contributed by atoms with Crippen LogP contribution in [0.5, 0.6) is 0 Å². The maximum Gasteiger partial charge on any atom is 0.0161 e. The summed E-state index contributed by atoms with van der Waals surface area (Å²) in [5.41, 5.74) is 1.43. The molecule has 0 spiro atoms. The molecule has 0 fully saturated rings. The van der Waals surface area contributed by atoms with Crippen LogP contribution in [0.25, 0.3) is 0 Å². The smallest absolute Gasteiger partial charge is 0.0161 e. The zero-order chi connectivity index (χ0) is 8.53. The van der Waals surface area contributed by atoms with E-state index >= 15 is 0 Å². The van der Waals surface area contributed by atoms with Crippen LogP contribution in [0.4, 0.5) is 0 Å². The molecule has 12 heavy (non-hydrogen) atoms.